The van der Waals surface area contributed by atoms with Gasteiger partial charge in [0.15, 0.2) is 0 Å². The minimum atomic E-state index is -0.719. The van der Waals surface area contributed by atoms with E-state index in [2.05, 4.69) is 25.9 Å². The Hall–Kier alpha value is -4.80. The second-order valence-electron chi connectivity index (χ2n) is 8.77. The van der Waals surface area contributed by atoms with Gasteiger partial charge in [-0.15, -0.1) is 0 Å². The molecule has 1 unspecified atom stereocenters. The lowest BCUT2D eigenvalue weighted by atomic mass is 10.0. The molecular formula is C26H25N7O4. The largest absolute Gasteiger partial charge is 0.361 e. The zero-order valence-electron chi connectivity index (χ0n) is 20.1. The summed E-state index contributed by atoms with van der Waals surface area (Å²) < 4.78 is 0. The van der Waals surface area contributed by atoms with Crippen molar-refractivity contribution >= 4 is 46.8 Å². The molecule has 0 aliphatic carbocycles. The van der Waals surface area contributed by atoms with Crippen molar-refractivity contribution in [1.82, 2.24) is 20.2 Å². The van der Waals surface area contributed by atoms with Crippen LogP contribution >= 0.6 is 0 Å². The third-order valence-electron chi connectivity index (χ3n) is 6.37. The number of fused-ring (bicyclic) bond motifs is 1. The summed E-state index contributed by atoms with van der Waals surface area (Å²) in [5, 5.41) is 8.15. The van der Waals surface area contributed by atoms with Crippen LogP contribution in [0.2, 0.25) is 0 Å². The van der Waals surface area contributed by atoms with Crippen molar-refractivity contribution in [2.24, 2.45) is 0 Å². The third kappa shape index (κ3) is 4.96. The number of imide groups is 1. The topological polar surface area (TPSA) is 137 Å². The fourth-order valence-corrected chi connectivity index (χ4v) is 4.44. The molecule has 4 amide bonds. The smallest absolute Gasteiger partial charge is 0.255 e. The molecule has 1 fully saturated rings. The molecule has 3 heterocycles. The molecule has 0 saturated carbocycles. The molecule has 11 nitrogen and oxygen atoms in total. The van der Waals surface area contributed by atoms with Gasteiger partial charge in [-0.3, -0.25) is 24.5 Å². The van der Waals surface area contributed by atoms with Crippen LogP contribution in [0.15, 0.2) is 60.8 Å². The van der Waals surface area contributed by atoms with Crippen molar-refractivity contribution in [3.8, 4) is 0 Å². The Morgan fingerprint density at radius 3 is 2.70 bits per heavy atom. The maximum atomic E-state index is 13.0. The second kappa shape index (κ2) is 10.1. The highest BCUT2D eigenvalue weighted by molar-refractivity contribution is 6.07. The molecule has 1 saturated heterocycles. The maximum Gasteiger partial charge on any atom is 0.255 e. The van der Waals surface area contributed by atoms with E-state index >= 15 is 0 Å². The van der Waals surface area contributed by atoms with E-state index in [1.54, 1.807) is 30.5 Å². The van der Waals surface area contributed by atoms with Crippen LogP contribution in [0.3, 0.4) is 0 Å². The van der Waals surface area contributed by atoms with E-state index in [0.717, 1.165) is 5.69 Å². The molecule has 37 heavy (non-hydrogen) atoms. The molecule has 2 aliphatic heterocycles. The Kier molecular flexibility index (Phi) is 6.50. The standard InChI is InChI=1S/C26H25N7O4/c1-32(16-6-3-2-4-7-16)26-27-13-12-21(30-26)28-14-23(35)29-19-9-5-8-17-18(19)15-33(25(17)37)20-10-11-22(34)31-24(20)36/h2-9,12-13,20H,10-11,14-15H2,1H3,(H,29,35)(H,27,28,30)(H,31,34,36). The molecule has 0 spiro atoms. The van der Waals surface area contributed by atoms with Gasteiger partial charge in [-0.05, 0) is 36.8 Å². The number of nitrogens with one attached hydrogen (secondary N) is 3. The lowest BCUT2D eigenvalue weighted by Crippen LogP contribution is -2.52. The number of anilines is 4. The SMILES string of the molecule is CN(c1ccccc1)c1nccc(NCC(=O)Nc2cccc3c2CN(C2CCC(=O)NC2=O)C3=O)n1. The Morgan fingerprint density at radius 2 is 1.92 bits per heavy atom. The third-order valence-corrected chi connectivity index (χ3v) is 6.37. The number of nitrogens with zero attached hydrogens (tertiary/aromatic N) is 4. The summed E-state index contributed by atoms with van der Waals surface area (Å²) in [6.07, 6.45) is 2.06. The van der Waals surface area contributed by atoms with Gasteiger partial charge in [-0.2, -0.15) is 4.98 Å². The number of benzene rings is 2. The maximum absolute atomic E-state index is 13.0. The van der Waals surface area contributed by atoms with E-state index < -0.39 is 11.9 Å². The molecule has 11 heteroatoms. The van der Waals surface area contributed by atoms with Gasteiger partial charge < -0.3 is 20.4 Å². The van der Waals surface area contributed by atoms with Crippen LogP contribution in [0.1, 0.15) is 28.8 Å². The van der Waals surface area contributed by atoms with E-state index in [9.17, 15) is 19.2 Å². The Morgan fingerprint density at radius 1 is 1.11 bits per heavy atom. The van der Waals surface area contributed by atoms with Crippen LogP contribution in [0.5, 0.6) is 0 Å². The van der Waals surface area contributed by atoms with E-state index in [1.165, 1.54) is 4.90 Å². The van der Waals surface area contributed by atoms with Crippen molar-refractivity contribution in [3.63, 3.8) is 0 Å². The molecule has 5 rings (SSSR count). The lowest BCUT2D eigenvalue weighted by molar-refractivity contribution is -0.137. The number of carbonyl (C=O) groups is 4. The molecule has 3 aromatic rings. The summed E-state index contributed by atoms with van der Waals surface area (Å²) in [5.41, 5.74) is 2.50. The molecule has 2 aliphatic rings. The molecule has 0 bridgehead atoms. The Bertz CT molecular complexity index is 1380. The van der Waals surface area contributed by atoms with Crippen LogP contribution in [0.25, 0.3) is 0 Å². The Balaban J connectivity index is 1.23. The number of rotatable bonds is 7. The zero-order valence-corrected chi connectivity index (χ0v) is 20.1. The summed E-state index contributed by atoms with van der Waals surface area (Å²) >= 11 is 0. The second-order valence-corrected chi connectivity index (χ2v) is 8.77. The van der Waals surface area contributed by atoms with Gasteiger partial charge in [0.05, 0.1) is 6.54 Å². The predicted octanol–water partition coefficient (Wildman–Crippen LogP) is 2.06. The first-order valence-electron chi connectivity index (χ1n) is 11.8. The van der Waals surface area contributed by atoms with Crippen LogP contribution in [0.4, 0.5) is 23.1 Å². The number of hydrogen-bond donors (Lipinski definition) is 3. The molecule has 188 valence electrons. The fourth-order valence-electron chi connectivity index (χ4n) is 4.44. The van der Waals surface area contributed by atoms with Gasteiger partial charge in [0.1, 0.15) is 11.9 Å². The first kappa shape index (κ1) is 23.9. The van der Waals surface area contributed by atoms with Crippen molar-refractivity contribution in [2.45, 2.75) is 25.4 Å². The highest BCUT2D eigenvalue weighted by Gasteiger charge is 2.39. The number of aromatic nitrogens is 2. The molecule has 3 N–H and O–H groups in total. The van der Waals surface area contributed by atoms with Crippen LogP contribution in [-0.4, -0.2) is 58.1 Å². The van der Waals surface area contributed by atoms with Crippen LogP contribution in [0, 0.1) is 0 Å². The molecule has 2 aromatic carbocycles. The minimum Gasteiger partial charge on any atom is -0.361 e. The first-order chi connectivity index (χ1) is 17.9. The highest BCUT2D eigenvalue weighted by atomic mass is 16.2. The van der Waals surface area contributed by atoms with Crippen LogP contribution < -0.4 is 20.9 Å². The average Bonchev–Trinajstić information content (AvgIpc) is 3.25. The van der Waals surface area contributed by atoms with Gasteiger partial charge in [0, 0.05) is 48.7 Å². The van der Waals surface area contributed by atoms with Crippen LogP contribution in [-0.2, 0) is 20.9 Å². The Labute approximate surface area is 212 Å². The van der Waals surface area contributed by atoms with Gasteiger partial charge in [-0.1, -0.05) is 24.3 Å². The van der Waals surface area contributed by atoms with Gasteiger partial charge in [0.2, 0.25) is 23.7 Å². The van der Waals surface area contributed by atoms with Crippen molar-refractivity contribution < 1.29 is 19.2 Å². The van der Waals surface area contributed by atoms with E-state index in [4.69, 9.17) is 0 Å². The molecule has 1 atom stereocenters. The quantitative estimate of drug-likeness (QED) is 0.420. The van der Waals surface area contributed by atoms with Crippen molar-refractivity contribution in [2.75, 3.05) is 29.1 Å². The summed E-state index contributed by atoms with van der Waals surface area (Å²) in [7, 11) is 1.86. The summed E-state index contributed by atoms with van der Waals surface area (Å²) in [4.78, 5) is 61.6. The lowest BCUT2D eigenvalue weighted by Gasteiger charge is -2.29. The minimum absolute atomic E-state index is 0.0556. The van der Waals surface area contributed by atoms with Crippen molar-refractivity contribution in [1.29, 1.82) is 0 Å². The number of para-hydroxylation sites is 1. The number of amides is 4. The van der Waals surface area contributed by atoms with E-state index in [-0.39, 0.29) is 43.7 Å². The average molecular weight is 500 g/mol. The molecular weight excluding hydrogens is 474 g/mol. The van der Waals surface area contributed by atoms with Crippen molar-refractivity contribution in [3.05, 3.63) is 71.9 Å². The van der Waals surface area contributed by atoms with E-state index in [0.29, 0.717) is 28.6 Å². The predicted molar refractivity (Wildman–Crippen MR) is 136 cm³/mol. The van der Waals surface area contributed by atoms with Gasteiger partial charge in [0.25, 0.3) is 5.91 Å². The van der Waals surface area contributed by atoms with Gasteiger partial charge in [-0.25, -0.2) is 4.98 Å². The monoisotopic (exact) mass is 499 g/mol. The summed E-state index contributed by atoms with van der Waals surface area (Å²) in [6, 6.07) is 15.7. The number of piperidine rings is 1. The fraction of sp³-hybridized carbons (Fsp3) is 0.231. The number of carbonyl (C=O) groups excluding carboxylic acids is 4. The molecule has 0 radical (unpaired) electrons. The van der Waals surface area contributed by atoms with E-state index in [1.807, 2.05) is 42.3 Å². The summed E-state index contributed by atoms with van der Waals surface area (Å²) in [5.74, 6) is -0.473. The highest BCUT2D eigenvalue weighted by Crippen LogP contribution is 2.32. The summed E-state index contributed by atoms with van der Waals surface area (Å²) in [6.45, 7) is 0.116. The number of hydrogen-bond acceptors (Lipinski definition) is 8. The first-order valence-corrected chi connectivity index (χ1v) is 11.8. The zero-order chi connectivity index (χ0) is 25.9. The van der Waals surface area contributed by atoms with Gasteiger partial charge >= 0.3 is 0 Å². The normalized spacial score (nSPS) is 16.7. The molecule has 1 aromatic heterocycles.